The summed E-state index contributed by atoms with van der Waals surface area (Å²) < 4.78 is 12.0. The van der Waals surface area contributed by atoms with Crippen LogP contribution in [0.2, 0.25) is 0 Å². The van der Waals surface area contributed by atoms with Gasteiger partial charge in [0.15, 0.2) is 5.79 Å². The number of hydrogen-bond donors (Lipinski definition) is 1. The Morgan fingerprint density at radius 1 is 1.04 bits per heavy atom. The lowest BCUT2D eigenvalue weighted by Crippen LogP contribution is -2.43. The average molecular weight is 357 g/mol. The molecule has 1 saturated heterocycles. The molecule has 3 saturated carbocycles. The van der Waals surface area contributed by atoms with Gasteiger partial charge in [0.2, 0.25) is 0 Å². The van der Waals surface area contributed by atoms with Gasteiger partial charge in [-0.05, 0) is 68.1 Å². The normalized spacial score (nSPS) is 43.5. The second-order valence-electron chi connectivity index (χ2n) is 9.46. The molecule has 4 unspecified atom stereocenters. The highest BCUT2D eigenvalue weighted by atomic mass is 16.7. The van der Waals surface area contributed by atoms with Crippen molar-refractivity contribution in [2.75, 3.05) is 19.8 Å². The van der Waals surface area contributed by atoms with Crippen LogP contribution in [0.15, 0.2) is 11.1 Å². The van der Waals surface area contributed by atoms with Crippen LogP contribution in [0.3, 0.4) is 0 Å². The standard InChI is InChI=1S/C23H32O3/c1-22-10-8-19-18-9-11-23(25-13-14-26-23)15-16(18)4-6-20(19)21(22)7-5-17(22)3-2-12-24/h16-17,20-21,24H,4-15H2,1H3/t16?,17?,20?,21?,22-/m0/s1. The third kappa shape index (κ3) is 2.53. The minimum atomic E-state index is -0.247. The molecule has 26 heavy (non-hydrogen) atoms. The summed E-state index contributed by atoms with van der Waals surface area (Å²) in [7, 11) is 0. The van der Waals surface area contributed by atoms with Gasteiger partial charge in [0.1, 0.15) is 6.61 Å². The third-order valence-corrected chi connectivity index (χ3v) is 8.51. The number of aliphatic hydroxyl groups excluding tert-OH is 1. The highest BCUT2D eigenvalue weighted by Gasteiger charge is 2.54. The van der Waals surface area contributed by atoms with Crippen molar-refractivity contribution >= 4 is 0 Å². The molecule has 0 bridgehead atoms. The Hall–Kier alpha value is -0.820. The Balaban J connectivity index is 1.40. The van der Waals surface area contributed by atoms with Crippen molar-refractivity contribution in [1.29, 1.82) is 0 Å². The van der Waals surface area contributed by atoms with Gasteiger partial charge in [0.25, 0.3) is 0 Å². The number of rotatable bonds is 0. The van der Waals surface area contributed by atoms with Crippen LogP contribution in [-0.2, 0) is 9.47 Å². The molecule has 1 aliphatic heterocycles. The van der Waals surface area contributed by atoms with Crippen LogP contribution in [0, 0.1) is 40.9 Å². The Bertz CT molecular complexity index is 663. The predicted octanol–water partition coefficient (Wildman–Crippen LogP) is 4.06. The molecule has 0 aromatic carbocycles. The van der Waals surface area contributed by atoms with Crippen molar-refractivity contribution in [3.8, 4) is 11.8 Å². The van der Waals surface area contributed by atoms with E-state index < -0.39 is 0 Å². The first-order chi connectivity index (χ1) is 12.7. The molecule has 142 valence electrons. The highest BCUT2D eigenvalue weighted by molar-refractivity contribution is 5.31. The van der Waals surface area contributed by atoms with Gasteiger partial charge in [-0.2, -0.15) is 0 Å². The summed E-state index contributed by atoms with van der Waals surface area (Å²) in [5.41, 5.74) is 3.97. The zero-order valence-corrected chi connectivity index (χ0v) is 16.1. The second-order valence-corrected chi connectivity index (χ2v) is 9.46. The molecule has 1 N–H and O–H groups in total. The van der Waals surface area contributed by atoms with Gasteiger partial charge in [-0.25, -0.2) is 0 Å². The Labute approximate surface area is 157 Å². The summed E-state index contributed by atoms with van der Waals surface area (Å²) in [4.78, 5) is 0. The van der Waals surface area contributed by atoms with Gasteiger partial charge in [0.05, 0.1) is 13.2 Å². The van der Waals surface area contributed by atoms with E-state index in [0.717, 1.165) is 37.9 Å². The molecule has 1 spiro atoms. The van der Waals surface area contributed by atoms with Crippen molar-refractivity contribution < 1.29 is 14.6 Å². The van der Waals surface area contributed by atoms with E-state index in [9.17, 15) is 0 Å². The van der Waals surface area contributed by atoms with Gasteiger partial charge in [-0.1, -0.05) is 29.9 Å². The first kappa shape index (κ1) is 17.3. The summed E-state index contributed by atoms with van der Waals surface area (Å²) in [6, 6.07) is 0. The topological polar surface area (TPSA) is 38.7 Å². The summed E-state index contributed by atoms with van der Waals surface area (Å²) in [6.07, 6.45) is 11.1. The summed E-state index contributed by atoms with van der Waals surface area (Å²) in [5, 5.41) is 9.11. The summed E-state index contributed by atoms with van der Waals surface area (Å²) in [5.74, 6) is 8.89. The van der Waals surface area contributed by atoms with Gasteiger partial charge in [0, 0.05) is 18.8 Å². The molecule has 1 heterocycles. The van der Waals surface area contributed by atoms with Crippen LogP contribution in [0.25, 0.3) is 0 Å². The SMILES string of the molecule is C[C@@]12CCC3=C4CCC5(CC4CCC3C1CCC2C#CCO)OCCO5. The first-order valence-electron chi connectivity index (χ1n) is 10.7. The monoisotopic (exact) mass is 356 g/mol. The van der Waals surface area contributed by atoms with Crippen LogP contribution in [0.4, 0.5) is 0 Å². The van der Waals surface area contributed by atoms with Crippen LogP contribution < -0.4 is 0 Å². The molecule has 4 fully saturated rings. The smallest absolute Gasteiger partial charge is 0.169 e. The maximum atomic E-state index is 9.11. The lowest BCUT2D eigenvalue weighted by molar-refractivity contribution is -0.181. The molecule has 3 heteroatoms. The number of fused-ring (bicyclic) bond motifs is 4. The second kappa shape index (κ2) is 6.36. The van der Waals surface area contributed by atoms with E-state index >= 15 is 0 Å². The van der Waals surface area contributed by atoms with Crippen molar-refractivity contribution in [1.82, 2.24) is 0 Å². The lowest BCUT2D eigenvalue weighted by atomic mass is 9.55. The van der Waals surface area contributed by atoms with E-state index in [2.05, 4.69) is 18.8 Å². The van der Waals surface area contributed by atoms with Crippen molar-refractivity contribution in [3.63, 3.8) is 0 Å². The molecular formula is C23H32O3. The zero-order chi connectivity index (χ0) is 17.8. The molecule has 0 radical (unpaired) electrons. The Morgan fingerprint density at radius 2 is 1.85 bits per heavy atom. The molecule has 4 aliphatic carbocycles. The number of hydrogen-bond acceptors (Lipinski definition) is 3. The summed E-state index contributed by atoms with van der Waals surface area (Å²) in [6.45, 7) is 4.05. The van der Waals surface area contributed by atoms with E-state index in [1.807, 2.05) is 5.57 Å². The number of ether oxygens (including phenoxy) is 2. The molecule has 3 nitrogen and oxygen atoms in total. The van der Waals surface area contributed by atoms with E-state index in [-0.39, 0.29) is 12.4 Å². The fraction of sp³-hybridized carbons (Fsp3) is 0.826. The van der Waals surface area contributed by atoms with Gasteiger partial charge >= 0.3 is 0 Å². The van der Waals surface area contributed by atoms with Gasteiger partial charge in [-0.15, -0.1) is 0 Å². The highest BCUT2D eigenvalue weighted by Crippen LogP contribution is 2.63. The lowest BCUT2D eigenvalue weighted by Gasteiger charge is -2.51. The molecule has 0 amide bonds. The first-order valence-corrected chi connectivity index (χ1v) is 10.7. The van der Waals surface area contributed by atoms with Gasteiger partial charge < -0.3 is 14.6 Å². The zero-order valence-electron chi connectivity index (χ0n) is 16.1. The molecule has 0 aromatic rings. The minimum absolute atomic E-state index is 0.00352. The van der Waals surface area contributed by atoms with Crippen molar-refractivity contribution in [2.45, 2.75) is 70.5 Å². The number of allylic oxidation sites excluding steroid dienone is 2. The predicted molar refractivity (Wildman–Crippen MR) is 100 cm³/mol. The van der Waals surface area contributed by atoms with E-state index in [1.54, 1.807) is 5.57 Å². The largest absolute Gasteiger partial charge is 0.384 e. The Kier molecular flexibility index (Phi) is 4.23. The average Bonchev–Trinajstić information content (AvgIpc) is 3.23. The molecule has 5 aliphatic rings. The maximum absolute atomic E-state index is 9.11. The molecule has 0 aromatic heterocycles. The maximum Gasteiger partial charge on any atom is 0.169 e. The van der Waals surface area contributed by atoms with Crippen molar-refractivity contribution in [2.24, 2.45) is 29.1 Å². The van der Waals surface area contributed by atoms with Crippen LogP contribution in [0.1, 0.15) is 64.7 Å². The van der Waals surface area contributed by atoms with Crippen LogP contribution >= 0.6 is 0 Å². The quantitative estimate of drug-likeness (QED) is 0.525. The van der Waals surface area contributed by atoms with Crippen molar-refractivity contribution in [3.05, 3.63) is 11.1 Å². The summed E-state index contributed by atoms with van der Waals surface area (Å²) >= 11 is 0. The minimum Gasteiger partial charge on any atom is -0.384 e. The van der Waals surface area contributed by atoms with Crippen LogP contribution in [0.5, 0.6) is 0 Å². The van der Waals surface area contributed by atoms with E-state index in [0.29, 0.717) is 17.3 Å². The molecule has 5 rings (SSSR count). The van der Waals surface area contributed by atoms with Crippen LogP contribution in [-0.4, -0.2) is 30.7 Å². The van der Waals surface area contributed by atoms with E-state index in [4.69, 9.17) is 14.6 Å². The molecule has 5 atom stereocenters. The van der Waals surface area contributed by atoms with E-state index in [1.165, 1.54) is 44.9 Å². The number of aliphatic hydroxyl groups is 1. The molecular weight excluding hydrogens is 324 g/mol. The fourth-order valence-corrected chi connectivity index (χ4v) is 7.27. The Morgan fingerprint density at radius 3 is 2.65 bits per heavy atom. The fourth-order valence-electron chi connectivity index (χ4n) is 7.27. The third-order valence-electron chi connectivity index (χ3n) is 8.51. The van der Waals surface area contributed by atoms with Gasteiger partial charge in [-0.3, -0.25) is 0 Å².